The van der Waals surface area contributed by atoms with E-state index >= 15 is 0 Å². The van der Waals surface area contributed by atoms with E-state index < -0.39 is 0 Å². The topological polar surface area (TPSA) is 45.7 Å². The Morgan fingerprint density at radius 2 is 1.89 bits per heavy atom. The molecule has 0 aliphatic carbocycles. The molecule has 4 nitrogen and oxygen atoms in total. The highest BCUT2D eigenvalue weighted by molar-refractivity contribution is 14.0. The van der Waals surface area contributed by atoms with Gasteiger partial charge in [-0.2, -0.15) is 0 Å². The van der Waals surface area contributed by atoms with Crippen molar-refractivity contribution in [2.45, 2.75) is 20.4 Å². The lowest BCUT2D eigenvalue weighted by Crippen LogP contribution is -2.34. The van der Waals surface area contributed by atoms with E-state index in [2.05, 4.69) is 41.6 Å². The number of aliphatic imine (C=N–C) groups is 1. The van der Waals surface area contributed by atoms with Crippen LogP contribution in [0.25, 0.3) is 0 Å². The first-order valence-electron chi connectivity index (χ1n) is 6.26. The summed E-state index contributed by atoms with van der Waals surface area (Å²) < 4.78 is 5.63. The van der Waals surface area contributed by atoms with Crippen LogP contribution in [-0.4, -0.2) is 26.7 Å². The first kappa shape index (κ1) is 18.0. The summed E-state index contributed by atoms with van der Waals surface area (Å²) in [5.41, 5.74) is 1.20. The third-order valence-corrected chi connectivity index (χ3v) is 2.43. The number of halogens is 1. The maximum Gasteiger partial charge on any atom is 0.190 e. The molecule has 0 aliphatic rings. The van der Waals surface area contributed by atoms with Crippen LogP contribution in [0.5, 0.6) is 5.75 Å². The number of guanidine groups is 1. The Kier molecular flexibility index (Phi) is 9.38. The predicted octanol–water partition coefficient (Wildman–Crippen LogP) is 2.63. The summed E-state index contributed by atoms with van der Waals surface area (Å²) in [6.45, 7) is 5.78. The van der Waals surface area contributed by atoms with Crippen molar-refractivity contribution >= 4 is 29.9 Å². The van der Waals surface area contributed by atoms with Gasteiger partial charge in [0.25, 0.3) is 0 Å². The Hall–Kier alpha value is -0.980. The fourth-order valence-corrected chi connectivity index (χ4v) is 1.43. The third-order valence-electron chi connectivity index (χ3n) is 2.43. The molecule has 0 aromatic heterocycles. The molecule has 0 saturated heterocycles. The molecule has 0 unspecified atom stereocenters. The van der Waals surface area contributed by atoms with Gasteiger partial charge in [0.1, 0.15) is 5.75 Å². The lowest BCUT2D eigenvalue weighted by atomic mass is 10.2. The SMILES string of the molecule is CN=C(NC)NCc1ccc(OCC(C)C)cc1.I. The van der Waals surface area contributed by atoms with Gasteiger partial charge in [0, 0.05) is 20.6 Å². The molecule has 0 radical (unpaired) electrons. The lowest BCUT2D eigenvalue weighted by Gasteiger charge is -2.10. The van der Waals surface area contributed by atoms with Gasteiger partial charge in [0.15, 0.2) is 5.96 Å². The summed E-state index contributed by atoms with van der Waals surface area (Å²) in [5, 5.41) is 6.18. The van der Waals surface area contributed by atoms with Crippen molar-refractivity contribution in [3.8, 4) is 5.75 Å². The predicted molar refractivity (Wildman–Crippen MR) is 91.4 cm³/mol. The van der Waals surface area contributed by atoms with Gasteiger partial charge in [0.2, 0.25) is 0 Å². The number of rotatable bonds is 5. The smallest absolute Gasteiger partial charge is 0.190 e. The highest BCUT2D eigenvalue weighted by Crippen LogP contribution is 2.13. The fourth-order valence-electron chi connectivity index (χ4n) is 1.43. The standard InChI is InChI=1S/C14H23N3O.HI/c1-11(2)10-18-13-7-5-12(6-8-13)9-17-14(15-3)16-4;/h5-8,11H,9-10H2,1-4H3,(H2,15,16,17);1H. The third kappa shape index (κ3) is 7.25. The second-order valence-electron chi connectivity index (χ2n) is 4.52. The van der Waals surface area contributed by atoms with E-state index in [-0.39, 0.29) is 24.0 Å². The zero-order valence-electron chi connectivity index (χ0n) is 12.1. The first-order valence-corrected chi connectivity index (χ1v) is 6.26. The van der Waals surface area contributed by atoms with Crippen molar-refractivity contribution in [1.29, 1.82) is 0 Å². The molecule has 0 atom stereocenters. The van der Waals surface area contributed by atoms with Gasteiger partial charge < -0.3 is 15.4 Å². The number of benzene rings is 1. The van der Waals surface area contributed by atoms with Gasteiger partial charge in [-0.3, -0.25) is 4.99 Å². The van der Waals surface area contributed by atoms with Crippen molar-refractivity contribution in [1.82, 2.24) is 10.6 Å². The zero-order valence-corrected chi connectivity index (χ0v) is 14.4. The van der Waals surface area contributed by atoms with E-state index in [0.717, 1.165) is 24.9 Å². The van der Waals surface area contributed by atoms with E-state index in [0.29, 0.717) is 5.92 Å². The monoisotopic (exact) mass is 377 g/mol. The first-order chi connectivity index (χ1) is 8.65. The molecule has 1 aromatic carbocycles. The van der Waals surface area contributed by atoms with E-state index in [1.807, 2.05) is 19.2 Å². The van der Waals surface area contributed by atoms with Crippen LogP contribution >= 0.6 is 24.0 Å². The van der Waals surface area contributed by atoms with Crippen molar-refractivity contribution < 1.29 is 4.74 Å². The van der Waals surface area contributed by atoms with Gasteiger partial charge in [0.05, 0.1) is 6.61 Å². The van der Waals surface area contributed by atoms with E-state index in [9.17, 15) is 0 Å². The summed E-state index contributed by atoms with van der Waals surface area (Å²) in [5.74, 6) is 2.26. The van der Waals surface area contributed by atoms with Crippen molar-refractivity contribution in [2.24, 2.45) is 10.9 Å². The van der Waals surface area contributed by atoms with Crippen LogP contribution in [0.4, 0.5) is 0 Å². The molecule has 0 bridgehead atoms. The van der Waals surface area contributed by atoms with Crippen LogP contribution in [0.15, 0.2) is 29.3 Å². The Bertz CT molecular complexity index is 377. The van der Waals surface area contributed by atoms with E-state index in [1.165, 1.54) is 5.56 Å². The van der Waals surface area contributed by atoms with Gasteiger partial charge in [-0.05, 0) is 23.6 Å². The zero-order chi connectivity index (χ0) is 13.4. The number of nitrogens with one attached hydrogen (secondary N) is 2. The summed E-state index contributed by atoms with van der Waals surface area (Å²) in [6.07, 6.45) is 0. The van der Waals surface area contributed by atoms with Gasteiger partial charge in [-0.25, -0.2) is 0 Å². The second kappa shape index (κ2) is 9.89. The van der Waals surface area contributed by atoms with Crippen LogP contribution in [0.1, 0.15) is 19.4 Å². The highest BCUT2D eigenvalue weighted by atomic mass is 127. The maximum absolute atomic E-state index is 5.63. The molecule has 2 N–H and O–H groups in total. The molecular formula is C14H24IN3O. The highest BCUT2D eigenvalue weighted by Gasteiger charge is 1.99. The Balaban J connectivity index is 0.00000324. The van der Waals surface area contributed by atoms with E-state index in [4.69, 9.17) is 4.74 Å². The average Bonchev–Trinajstić information content (AvgIpc) is 2.39. The minimum atomic E-state index is 0. The number of ether oxygens (including phenoxy) is 1. The van der Waals surface area contributed by atoms with Crippen LogP contribution in [0.2, 0.25) is 0 Å². The molecule has 0 amide bonds. The molecule has 1 aromatic rings. The largest absolute Gasteiger partial charge is 0.493 e. The Morgan fingerprint density at radius 1 is 1.26 bits per heavy atom. The quantitative estimate of drug-likeness (QED) is 0.471. The Morgan fingerprint density at radius 3 is 2.37 bits per heavy atom. The molecule has 0 spiro atoms. The fraction of sp³-hybridized carbons (Fsp3) is 0.500. The van der Waals surface area contributed by atoms with Crippen LogP contribution in [-0.2, 0) is 6.54 Å². The molecule has 19 heavy (non-hydrogen) atoms. The molecule has 0 saturated carbocycles. The number of hydrogen-bond donors (Lipinski definition) is 2. The normalized spacial score (nSPS) is 10.9. The molecule has 5 heteroatoms. The van der Waals surface area contributed by atoms with Crippen LogP contribution in [0.3, 0.4) is 0 Å². The lowest BCUT2D eigenvalue weighted by molar-refractivity contribution is 0.271. The van der Waals surface area contributed by atoms with Crippen LogP contribution < -0.4 is 15.4 Å². The minimum Gasteiger partial charge on any atom is -0.493 e. The maximum atomic E-state index is 5.63. The summed E-state index contributed by atoms with van der Waals surface area (Å²) in [7, 11) is 3.60. The van der Waals surface area contributed by atoms with Gasteiger partial charge in [-0.1, -0.05) is 26.0 Å². The van der Waals surface area contributed by atoms with Crippen molar-refractivity contribution in [3.05, 3.63) is 29.8 Å². The molecule has 0 fully saturated rings. The van der Waals surface area contributed by atoms with Gasteiger partial charge >= 0.3 is 0 Å². The van der Waals surface area contributed by atoms with Crippen LogP contribution in [0, 0.1) is 5.92 Å². The second-order valence-corrected chi connectivity index (χ2v) is 4.52. The summed E-state index contributed by atoms with van der Waals surface area (Å²) >= 11 is 0. The Labute approximate surface area is 133 Å². The molecule has 0 aliphatic heterocycles. The van der Waals surface area contributed by atoms with Crippen molar-refractivity contribution in [3.63, 3.8) is 0 Å². The summed E-state index contributed by atoms with van der Waals surface area (Å²) in [4.78, 5) is 4.06. The van der Waals surface area contributed by atoms with Crippen molar-refractivity contribution in [2.75, 3.05) is 20.7 Å². The van der Waals surface area contributed by atoms with Gasteiger partial charge in [-0.15, -0.1) is 24.0 Å². The average molecular weight is 377 g/mol. The molecular weight excluding hydrogens is 353 g/mol. The number of hydrogen-bond acceptors (Lipinski definition) is 2. The molecule has 0 heterocycles. The summed E-state index contributed by atoms with van der Waals surface area (Å²) in [6, 6.07) is 8.13. The molecule has 108 valence electrons. The van der Waals surface area contributed by atoms with E-state index in [1.54, 1.807) is 7.05 Å². The number of nitrogens with zero attached hydrogens (tertiary/aromatic N) is 1. The molecule has 1 rings (SSSR count). The minimum absolute atomic E-state index is 0.